The topological polar surface area (TPSA) is 89.0 Å². The molecular weight excluding hydrogens is 426 g/mol. The second kappa shape index (κ2) is 9.23. The molecule has 1 amide bonds. The van der Waals surface area contributed by atoms with Gasteiger partial charge < -0.3 is 4.42 Å². The highest BCUT2D eigenvalue weighted by Crippen LogP contribution is 2.35. The molecule has 1 aliphatic rings. The fraction of sp³-hybridized carbons (Fsp3) is 0.167. The Bertz CT molecular complexity index is 1230. The second-order valence-corrected chi connectivity index (χ2v) is 8.26. The number of nitro benzene ring substituents is 1. The number of carbonyl (C=O) groups is 1. The second-order valence-electron chi connectivity index (χ2n) is 7.26. The number of thioether (sulfide) groups is 1. The van der Waals surface area contributed by atoms with Gasteiger partial charge in [-0.3, -0.25) is 19.8 Å². The van der Waals surface area contributed by atoms with E-state index in [2.05, 4.69) is 4.99 Å². The smallest absolute Gasteiger partial charge is 0.270 e. The van der Waals surface area contributed by atoms with Crippen molar-refractivity contribution in [1.29, 1.82) is 0 Å². The predicted molar refractivity (Wildman–Crippen MR) is 127 cm³/mol. The summed E-state index contributed by atoms with van der Waals surface area (Å²) in [6.07, 6.45) is 2.50. The summed E-state index contributed by atoms with van der Waals surface area (Å²) in [6.45, 7) is 4.45. The summed E-state index contributed by atoms with van der Waals surface area (Å²) in [4.78, 5) is 30.5. The molecule has 0 spiro atoms. The molecule has 162 valence electrons. The van der Waals surface area contributed by atoms with Crippen LogP contribution in [0.1, 0.15) is 24.7 Å². The Morgan fingerprint density at radius 3 is 2.66 bits per heavy atom. The van der Waals surface area contributed by atoms with Gasteiger partial charge in [0.2, 0.25) is 0 Å². The summed E-state index contributed by atoms with van der Waals surface area (Å²) in [5.74, 6) is 0.896. The zero-order valence-electron chi connectivity index (χ0n) is 17.6. The monoisotopic (exact) mass is 447 g/mol. The van der Waals surface area contributed by atoms with Gasteiger partial charge in [0.15, 0.2) is 5.17 Å². The number of non-ortho nitro benzene ring substituents is 1. The lowest BCUT2D eigenvalue weighted by Gasteiger charge is -2.13. The van der Waals surface area contributed by atoms with Crippen LogP contribution in [-0.4, -0.2) is 27.4 Å². The Morgan fingerprint density at radius 2 is 1.94 bits per heavy atom. The highest BCUT2D eigenvalue weighted by Gasteiger charge is 2.33. The molecular formula is C24H21N3O4S. The molecule has 1 aliphatic heterocycles. The number of hydrogen-bond acceptors (Lipinski definition) is 6. The molecule has 0 N–H and O–H groups in total. The normalized spacial score (nSPS) is 16.3. The Morgan fingerprint density at radius 1 is 1.16 bits per heavy atom. The molecule has 1 fully saturated rings. The maximum atomic E-state index is 13.0. The first-order valence-corrected chi connectivity index (χ1v) is 11.0. The predicted octanol–water partition coefficient (Wildman–Crippen LogP) is 6.18. The van der Waals surface area contributed by atoms with Crippen LogP contribution < -0.4 is 0 Å². The van der Waals surface area contributed by atoms with E-state index in [-0.39, 0.29) is 11.6 Å². The van der Waals surface area contributed by atoms with Crippen LogP contribution in [0.5, 0.6) is 0 Å². The zero-order valence-corrected chi connectivity index (χ0v) is 18.5. The number of aryl methyl sites for hydroxylation is 1. The SMILES string of the molecule is CCCN1C(=O)/C(=C\c2ccc(-c3cc([N+](=O)[O-])ccc3C)o2)SC1=Nc1ccccc1. The summed E-state index contributed by atoms with van der Waals surface area (Å²) in [5, 5.41) is 11.8. The van der Waals surface area contributed by atoms with Gasteiger partial charge in [-0.25, -0.2) is 4.99 Å². The Hall–Kier alpha value is -3.65. The molecule has 2 heterocycles. The van der Waals surface area contributed by atoms with E-state index in [9.17, 15) is 14.9 Å². The van der Waals surface area contributed by atoms with E-state index in [0.29, 0.717) is 33.7 Å². The van der Waals surface area contributed by atoms with Crippen molar-refractivity contribution < 1.29 is 14.1 Å². The molecule has 32 heavy (non-hydrogen) atoms. The largest absolute Gasteiger partial charge is 0.457 e. The number of nitrogens with zero attached hydrogens (tertiary/aromatic N) is 3. The van der Waals surface area contributed by atoms with Crippen LogP contribution >= 0.6 is 11.8 Å². The van der Waals surface area contributed by atoms with Crippen LogP contribution in [0.4, 0.5) is 11.4 Å². The van der Waals surface area contributed by atoms with Crippen LogP contribution in [0.2, 0.25) is 0 Å². The van der Waals surface area contributed by atoms with E-state index < -0.39 is 4.92 Å². The number of rotatable bonds is 6. The van der Waals surface area contributed by atoms with Crippen molar-refractivity contribution in [2.75, 3.05) is 6.54 Å². The standard InChI is InChI=1S/C24H21N3O4S/c1-3-13-26-23(28)22(32-24(26)25-17-7-5-4-6-8-17)15-19-11-12-21(31-19)20-14-18(27(29)30)10-9-16(20)2/h4-12,14-15H,3,13H2,1-2H3/b22-15+,25-24?. The van der Waals surface area contributed by atoms with E-state index in [0.717, 1.165) is 17.7 Å². The van der Waals surface area contributed by atoms with E-state index in [1.54, 1.807) is 29.2 Å². The van der Waals surface area contributed by atoms with Gasteiger partial charge in [-0.1, -0.05) is 31.2 Å². The highest BCUT2D eigenvalue weighted by atomic mass is 32.2. The first-order valence-electron chi connectivity index (χ1n) is 10.2. The third-order valence-electron chi connectivity index (χ3n) is 4.91. The summed E-state index contributed by atoms with van der Waals surface area (Å²) in [5.41, 5.74) is 2.29. The molecule has 7 nitrogen and oxygen atoms in total. The first-order chi connectivity index (χ1) is 15.5. The molecule has 2 aromatic carbocycles. The number of amidine groups is 1. The van der Waals surface area contributed by atoms with Crippen LogP contribution in [0, 0.1) is 17.0 Å². The summed E-state index contributed by atoms with van der Waals surface area (Å²) >= 11 is 1.31. The van der Waals surface area contributed by atoms with Gasteiger partial charge in [0, 0.05) is 30.3 Å². The summed E-state index contributed by atoms with van der Waals surface area (Å²) in [6, 6.07) is 17.7. The van der Waals surface area contributed by atoms with Crippen molar-refractivity contribution in [2.45, 2.75) is 20.3 Å². The molecule has 1 aromatic heterocycles. The van der Waals surface area contributed by atoms with Gasteiger partial charge in [0.1, 0.15) is 11.5 Å². The van der Waals surface area contributed by atoms with Gasteiger partial charge in [-0.15, -0.1) is 0 Å². The maximum Gasteiger partial charge on any atom is 0.270 e. The molecule has 0 radical (unpaired) electrons. The number of para-hydroxylation sites is 1. The molecule has 0 aliphatic carbocycles. The molecule has 0 unspecified atom stereocenters. The van der Waals surface area contributed by atoms with Crippen molar-refractivity contribution in [2.24, 2.45) is 4.99 Å². The average Bonchev–Trinajstić information content (AvgIpc) is 3.35. The first kappa shape index (κ1) is 21.6. The number of furan rings is 1. The van der Waals surface area contributed by atoms with Crippen LogP contribution in [0.15, 0.2) is 75.0 Å². The molecule has 1 saturated heterocycles. The van der Waals surface area contributed by atoms with Crippen molar-refractivity contribution in [1.82, 2.24) is 4.90 Å². The summed E-state index contributed by atoms with van der Waals surface area (Å²) < 4.78 is 5.92. The quantitative estimate of drug-likeness (QED) is 0.256. The molecule has 0 saturated carbocycles. The van der Waals surface area contributed by atoms with E-state index in [1.165, 1.54) is 23.9 Å². The Labute approximate surface area is 189 Å². The fourth-order valence-corrected chi connectivity index (χ4v) is 4.32. The van der Waals surface area contributed by atoms with Crippen molar-refractivity contribution in [3.8, 4) is 11.3 Å². The minimum absolute atomic E-state index is 0.000374. The van der Waals surface area contributed by atoms with E-state index in [4.69, 9.17) is 4.42 Å². The minimum atomic E-state index is -0.432. The van der Waals surface area contributed by atoms with Crippen LogP contribution in [-0.2, 0) is 4.79 Å². The fourth-order valence-electron chi connectivity index (χ4n) is 3.32. The van der Waals surface area contributed by atoms with E-state index in [1.807, 2.05) is 44.2 Å². The maximum absolute atomic E-state index is 13.0. The molecule has 4 rings (SSSR count). The molecule has 0 atom stereocenters. The lowest BCUT2D eigenvalue weighted by atomic mass is 10.1. The molecule has 3 aromatic rings. The molecule has 0 bridgehead atoms. The van der Waals surface area contributed by atoms with Gasteiger partial charge in [0.25, 0.3) is 11.6 Å². The highest BCUT2D eigenvalue weighted by molar-refractivity contribution is 8.18. The third kappa shape index (κ3) is 4.50. The van der Waals surface area contributed by atoms with Crippen LogP contribution in [0.25, 0.3) is 17.4 Å². The number of benzene rings is 2. The number of hydrogen-bond donors (Lipinski definition) is 0. The van der Waals surface area contributed by atoms with Gasteiger partial charge in [0.05, 0.1) is 15.5 Å². The van der Waals surface area contributed by atoms with Gasteiger partial charge in [-0.2, -0.15) is 0 Å². The third-order valence-corrected chi connectivity index (χ3v) is 5.92. The van der Waals surface area contributed by atoms with Crippen molar-refractivity contribution in [3.05, 3.63) is 87.0 Å². The van der Waals surface area contributed by atoms with Crippen LogP contribution in [0.3, 0.4) is 0 Å². The molecule has 8 heteroatoms. The lowest BCUT2D eigenvalue weighted by Crippen LogP contribution is -2.29. The summed E-state index contributed by atoms with van der Waals surface area (Å²) in [7, 11) is 0. The van der Waals surface area contributed by atoms with Gasteiger partial charge in [-0.05, 0) is 54.9 Å². The Kier molecular flexibility index (Phi) is 6.23. The van der Waals surface area contributed by atoms with E-state index >= 15 is 0 Å². The van der Waals surface area contributed by atoms with Crippen molar-refractivity contribution in [3.63, 3.8) is 0 Å². The number of amides is 1. The van der Waals surface area contributed by atoms with Gasteiger partial charge >= 0.3 is 0 Å². The minimum Gasteiger partial charge on any atom is -0.457 e. The number of nitro groups is 1. The zero-order chi connectivity index (χ0) is 22.7. The Balaban J connectivity index is 1.64. The van der Waals surface area contributed by atoms with Crippen molar-refractivity contribution >= 4 is 40.3 Å². The number of carbonyl (C=O) groups excluding carboxylic acids is 1. The lowest BCUT2D eigenvalue weighted by molar-refractivity contribution is -0.384. The average molecular weight is 448 g/mol. The number of aliphatic imine (C=N–C) groups is 1.